The first-order valence-electron chi connectivity index (χ1n) is 8.25. The van der Waals surface area contributed by atoms with Gasteiger partial charge >= 0.3 is 0 Å². The molecule has 0 aromatic heterocycles. The van der Waals surface area contributed by atoms with Crippen LogP contribution in [0, 0.1) is 5.92 Å². The van der Waals surface area contributed by atoms with Crippen LogP contribution in [0.1, 0.15) is 38.3 Å². The third-order valence-corrected chi connectivity index (χ3v) is 4.52. The number of carbonyl (C=O) groups is 1. The van der Waals surface area contributed by atoms with Gasteiger partial charge in [-0.3, -0.25) is 4.79 Å². The lowest BCUT2D eigenvalue weighted by atomic mass is 10.0. The molecule has 124 valence electrons. The molecular formula is C18H25N3O2. The number of carbonyl (C=O) groups excluding carboxylic acids is 1. The molecule has 1 saturated heterocycles. The number of amides is 1. The summed E-state index contributed by atoms with van der Waals surface area (Å²) < 4.78 is 5.30. The Morgan fingerprint density at radius 2 is 2.17 bits per heavy atom. The van der Waals surface area contributed by atoms with Gasteiger partial charge in [-0.25, -0.2) is 5.43 Å². The van der Waals surface area contributed by atoms with Crippen LogP contribution in [-0.4, -0.2) is 35.5 Å². The molecule has 23 heavy (non-hydrogen) atoms. The van der Waals surface area contributed by atoms with Crippen LogP contribution < -0.4 is 10.2 Å². The number of hydrazine groups is 1. The SMILES string of the molecule is COc1cccc(C2CC3C(=O)N(CCC(C)C)C=CN3N2)c1. The number of rotatable bonds is 5. The highest BCUT2D eigenvalue weighted by atomic mass is 16.5. The zero-order valence-electron chi connectivity index (χ0n) is 14.0. The second-order valence-corrected chi connectivity index (χ2v) is 6.63. The molecule has 3 rings (SSSR count). The summed E-state index contributed by atoms with van der Waals surface area (Å²) in [5.74, 6) is 1.63. The predicted octanol–water partition coefficient (Wildman–Crippen LogP) is 2.67. The van der Waals surface area contributed by atoms with E-state index in [0.29, 0.717) is 5.92 Å². The van der Waals surface area contributed by atoms with E-state index < -0.39 is 0 Å². The molecule has 2 heterocycles. The molecule has 1 aromatic carbocycles. The van der Waals surface area contributed by atoms with Crippen LogP contribution in [0.2, 0.25) is 0 Å². The Morgan fingerprint density at radius 3 is 2.91 bits per heavy atom. The van der Waals surface area contributed by atoms with Gasteiger partial charge in [0.1, 0.15) is 11.8 Å². The summed E-state index contributed by atoms with van der Waals surface area (Å²) in [6, 6.07) is 8.03. The van der Waals surface area contributed by atoms with Crippen molar-refractivity contribution in [2.45, 2.75) is 38.8 Å². The van der Waals surface area contributed by atoms with Crippen LogP contribution in [0.5, 0.6) is 5.75 Å². The second-order valence-electron chi connectivity index (χ2n) is 6.63. The van der Waals surface area contributed by atoms with Gasteiger partial charge in [0.05, 0.1) is 13.2 Å². The average molecular weight is 315 g/mol. The molecule has 1 amide bonds. The monoisotopic (exact) mass is 315 g/mol. The van der Waals surface area contributed by atoms with E-state index in [2.05, 4.69) is 25.3 Å². The Bertz CT molecular complexity index is 600. The largest absolute Gasteiger partial charge is 0.497 e. The summed E-state index contributed by atoms with van der Waals surface area (Å²) in [4.78, 5) is 14.5. The van der Waals surface area contributed by atoms with Gasteiger partial charge in [-0.05, 0) is 36.5 Å². The van der Waals surface area contributed by atoms with Crippen LogP contribution in [-0.2, 0) is 4.79 Å². The van der Waals surface area contributed by atoms with Crippen molar-refractivity contribution in [3.63, 3.8) is 0 Å². The lowest BCUT2D eigenvalue weighted by Gasteiger charge is -2.32. The molecule has 2 atom stereocenters. The number of methoxy groups -OCH3 is 1. The molecule has 5 heteroatoms. The molecule has 2 aliphatic heterocycles. The minimum atomic E-state index is -0.122. The maximum Gasteiger partial charge on any atom is 0.250 e. The lowest BCUT2D eigenvalue weighted by molar-refractivity contribution is -0.134. The van der Waals surface area contributed by atoms with E-state index >= 15 is 0 Å². The molecule has 2 unspecified atom stereocenters. The Kier molecular flexibility index (Phi) is 4.57. The number of nitrogens with zero attached hydrogens (tertiary/aromatic N) is 2. The molecule has 2 aliphatic rings. The standard InChI is InChI=1S/C18H25N3O2/c1-13(2)7-8-20-9-10-21-17(18(20)22)12-16(19-21)14-5-4-6-15(11-14)23-3/h4-6,9-11,13,16-17,19H,7-8,12H2,1-3H3. The van der Waals surface area contributed by atoms with E-state index in [9.17, 15) is 4.79 Å². The Hall–Kier alpha value is -2.01. The van der Waals surface area contributed by atoms with Crippen LogP contribution in [0.25, 0.3) is 0 Å². The number of hydrogen-bond donors (Lipinski definition) is 1. The van der Waals surface area contributed by atoms with Crippen LogP contribution >= 0.6 is 0 Å². The summed E-state index contributed by atoms with van der Waals surface area (Å²) in [5, 5.41) is 1.94. The molecule has 0 saturated carbocycles. The second kappa shape index (κ2) is 6.62. The Morgan fingerprint density at radius 1 is 1.35 bits per heavy atom. The van der Waals surface area contributed by atoms with E-state index in [1.807, 2.05) is 40.5 Å². The maximum absolute atomic E-state index is 12.7. The molecule has 1 N–H and O–H groups in total. The fourth-order valence-corrected chi connectivity index (χ4v) is 3.09. The maximum atomic E-state index is 12.7. The number of hydrogen-bond acceptors (Lipinski definition) is 4. The quantitative estimate of drug-likeness (QED) is 0.907. The smallest absolute Gasteiger partial charge is 0.250 e. The zero-order valence-corrected chi connectivity index (χ0v) is 14.0. The van der Waals surface area contributed by atoms with Gasteiger partial charge in [0.25, 0.3) is 5.91 Å². The van der Waals surface area contributed by atoms with Crippen molar-refractivity contribution >= 4 is 5.91 Å². The lowest BCUT2D eigenvalue weighted by Crippen LogP contribution is -2.48. The summed E-state index contributed by atoms with van der Waals surface area (Å²) in [6.45, 7) is 5.15. The third kappa shape index (κ3) is 3.34. The van der Waals surface area contributed by atoms with Gasteiger partial charge in [0.2, 0.25) is 0 Å². The Labute approximate surface area is 137 Å². The number of fused-ring (bicyclic) bond motifs is 1. The van der Waals surface area contributed by atoms with Crippen molar-refractivity contribution in [2.75, 3.05) is 13.7 Å². The van der Waals surface area contributed by atoms with Crippen molar-refractivity contribution in [3.8, 4) is 5.75 Å². The van der Waals surface area contributed by atoms with Crippen LogP contribution in [0.4, 0.5) is 0 Å². The molecule has 1 fully saturated rings. The minimum Gasteiger partial charge on any atom is -0.497 e. The molecular weight excluding hydrogens is 290 g/mol. The van der Waals surface area contributed by atoms with Crippen molar-refractivity contribution in [2.24, 2.45) is 5.92 Å². The molecule has 0 radical (unpaired) electrons. The van der Waals surface area contributed by atoms with E-state index in [0.717, 1.165) is 30.7 Å². The Balaban J connectivity index is 1.70. The highest BCUT2D eigenvalue weighted by molar-refractivity contribution is 5.84. The third-order valence-electron chi connectivity index (χ3n) is 4.52. The summed E-state index contributed by atoms with van der Waals surface area (Å²) >= 11 is 0. The van der Waals surface area contributed by atoms with Crippen LogP contribution in [0.15, 0.2) is 36.7 Å². The number of nitrogens with one attached hydrogen (secondary N) is 1. The van der Waals surface area contributed by atoms with Gasteiger partial charge in [0, 0.05) is 18.9 Å². The molecule has 0 bridgehead atoms. The number of ether oxygens (including phenoxy) is 1. The summed E-state index contributed by atoms with van der Waals surface area (Å²) in [5.41, 5.74) is 4.57. The molecule has 0 spiro atoms. The summed E-state index contributed by atoms with van der Waals surface area (Å²) in [7, 11) is 1.67. The predicted molar refractivity (Wildman–Crippen MR) is 89.4 cm³/mol. The topological polar surface area (TPSA) is 44.8 Å². The molecule has 5 nitrogen and oxygen atoms in total. The van der Waals surface area contributed by atoms with Gasteiger partial charge < -0.3 is 14.6 Å². The number of benzene rings is 1. The minimum absolute atomic E-state index is 0.122. The van der Waals surface area contributed by atoms with Crippen molar-refractivity contribution < 1.29 is 9.53 Å². The first-order valence-corrected chi connectivity index (χ1v) is 8.25. The molecule has 0 aliphatic carbocycles. The van der Waals surface area contributed by atoms with Gasteiger partial charge in [-0.15, -0.1) is 0 Å². The first kappa shape index (κ1) is 15.9. The van der Waals surface area contributed by atoms with Gasteiger partial charge in [-0.2, -0.15) is 0 Å². The fourth-order valence-electron chi connectivity index (χ4n) is 3.09. The van der Waals surface area contributed by atoms with E-state index in [1.54, 1.807) is 7.11 Å². The van der Waals surface area contributed by atoms with E-state index in [-0.39, 0.29) is 18.0 Å². The van der Waals surface area contributed by atoms with Crippen molar-refractivity contribution in [3.05, 3.63) is 42.2 Å². The summed E-state index contributed by atoms with van der Waals surface area (Å²) in [6.07, 6.45) is 5.67. The highest BCUT2D eigenvalue weighted by Crippen LogP contribution is 2.32. The van der Waals surface area contributed by atoms with Gasteiger partial charge in [-0.1, -0.05) is 26.0 Å². The molecule has 1 aromatic rings. The van der Waals surface area contributed by atoms with E-state index in [4.69, 9.17) is 4.74 Å². The van der Waals surface area contributed by atoms with E-state index in [1.165, 1.54) is 0 Å². The first-order chi connectivity index (χ1) is 11.1. The average Bonchev–Trinajstić information content (AvgIpc) is 2.99. The van der Waals surface area contributed by atoms with Crippen molar-refractivity contribution in [1.29, 1.82) is 0 Å². The zero-order chi connectivity index (χ0) is 16.4. The van der Waals surface area contributed by atoms with Crippen LogP contribution in [0.3, 0.4) is 0 Å². The normalized spacial score (nSPS) is 23.6. The van der Waals surface area contributed by atoms with Crippen molar-refractivity contribution in [1.82, 2.24) is 15.3 Å². The van der Waals surface area contributed by atoms with Gasteiger partial charge in [0.15, 0.2) is 0 Å². The highest BCUT2D eigenvalue weighted by Gasteiger charge is 2.39. The fraction of sp³-hybridized carbons (Fsp3) is 0.500.